The first-order valence-corrected chi connectivity index (χ1v) is 7.67. The minimum absolute atomic E-state index is 0.404. The maximum atomic E-state index is 12.6. The molecule has 0 radical (unpaired) electrons. The topological polar surface area (TPSA) is 30.7 Å². The summed E-state index contributed by atoms with van der Waals surface area (Å²) < 4.78 is 14.6. The number of hydrogen-bond acceptors (Lipinski definition) is 2. The molecule has 1 aromatic carbocycles. The number of fused-ring (bicyclic) bond motifs is 1. The van der Waals surface area contributed by atoms with Crippen LogP contribution >= 0.6 is 11.6 Å². The Hall–Kier alpha value is -2.38. The summed E-state index contributed by atoms with van der Waals surface area (Å²) in [4.78, 5) is 8.70. The van der Waals surface area contributed by atoms with Crippen LogP contribution in [0, 0.1) is 11.8 Å². The monoisotopic (exact) mass is 327 g/mol. The molecule has 0 atom stereocenters. The predicted octanol–water partition coefficient (Wildman–Crippen LogP) is 4.08. The van der Waals surface area contributed by atoms with Gasteiger partial charge in [-0.15, -0.1) is 0 Å². The third-order valence-electron chi connectivity index (χ3n) is 3.57. The van der Waals surface area contributed by atoms with E-state index in [1.165, 1.54) is 0 Å². The molecule has 0 fully saturated rings. The van der Waals surface area contributed by atoms with E-state index >= 15 is 0 Å². The molecule has 3 aromatic rings. The van der Waals surface area contributed by atoms with Crippen molar-refractivity contribution in [2.24, 2.45) is 7.05 Å². The van der Waals surface area contributed by atoms with Gasteiger partial charge in [0.25, 0.3) is 0 Å². The summed E-state index contributed by atoms with van der Waals surface area (Å²) in [6.45, 7) is -0.573. The summed E-state index contributed by atoms with van der Waals surface area (Å²) in [6.07, 6.45) is 1.37. The van der Waals surface area contributed by atoms with Crippen LogP contribution < -0.4 is 0 Å². The Morgan fingerprint density at radius 3 is 2.78 bits per heavy atom. The first kappa shape index (κ1) is 15.5. The molecule has 2 aromatic heterocycles. The summed E-state index contributed by atoms with van der Waals surface area (Å²) in [7, 11) is 1.95. The second kappa shape index (κ2) is 6.80. The second-order valence-corrected chi connectivity index (χ2v) is 5.55. The number of hydrogen-bond donors (Lipinski definition) is 0. The van der Waals surface area contributed by atoms with E-state index in [1.54, 1.807) is 18.2 Å². The number of pyridine rings is 1. The van der Waals surface area contributed by atoms with Gasteiger partial charge in [-0.2, -0.15) is 0 Å². The van der Waals surface area contributed by atoms with Gasteiger partial charge in [0.15, 0.2) is 0 Å². The minimum Gasteiger partial charge on any atom is -0.330 e. The van der Waals surface area contributed by atoms with Gasteiger partial charge in [0.2, 0.25) is 0 Å². The normalized spacial score (nSPS) is 10.6. The van der Waals surface area contributed by atoms with Gasteiger partial charge in [0.05, 0.1) is 21.7 Å². The smallest absolute Gasteiger partial charge is 0.131 e. The lowest BCUT2D eigenvalue weighted by Gasteiger charge is -2.00. The molecule has 0 saturated heterocycles. The van der Waals surface area contributed by atoms with Crippen molar-refractivity contribution in [3.8, 4) is 11.8 Å². The number of rotatable bonds is 3. The Morgan fingerprint density at radius 2 is 2.00 bits per heavy atom. The lowest BCUT2D eigenvalue weighted by atomic mass is 10.2. The lowest BCUT2D eigenvalue weighted by Crippen LogP contribution is -1.97. The largest absolute Gasteiger partial charge is 0.330 e. The van der Waals surface area contributed by atoms with Gasteiger partial charge >= 0.3 is 0 Å². The maximum Gasteiger partial charge on any atom is 0.131 e. The van der Waals surface area contributed by atoms with Crippen LogP contribution in [0.15, 0.2) is 36.4 Å². The van der Waals surface area contributed by atoms with Gasteiger partial charge in [-0.25, -0.2) is 14.4 Å². The molecule has 0 aliphatic heterocycles. The van der Waals surface area contributed by atoms with Crippen molar-refractivity contribution in [1.82, 2.24) is 14.5 Å². The molecule has 3 rings (SSSR count). The highest BCUT2D eigenvalue weighted by Crippen LogP contribution is 2.23. The zero-order valence-corrected chi connectivity index (χ0v) is 13.4. The van der Waals surface area contributed by atoms with Crippen LogP contribution in [0.25, 0.3) is 11.0 Å². The van der Waals surface area contributed by atoms with E-state index in [0.29, 0.717) is 22.8 Å². The number of nitrogens with zero attached hydrogens (tertiary/aromatic N) is 3. The lowest BCUT2D eigenvalue weighted by molar-refractivity contribution is 0.476. The molecular formula is C18H15ClFN3. The van der Waals surface area contributed by atoms with Gasteiger partial charge in [-0.1, -0.05) is 29.7 Å². The summed E-state index contributed by atoms with van der Waals surface area (Å²) in [5.74, 6) is 6.97. The van der Waals surface area contributed by atoms with Crippen LogP contribution in [0.5, 0.6) is 0 Å². The van der Waals surface area contributed by atoms with Crippen molar-refractivity contribution in [2.45, 2.75) is 19.5 Å². The van der Waals surface area contributed by atoms with Gasteiger partial charge < -0.3 is 4.57 Å². The predicted molar refractivity (Wildman–Crippen MR) is 90.0 cm³/mol. The van der Waals surface area contributed by atoms with E-state index in [2.05, 4.69) is 21.8 Å². The number of benzene rings is 1. The van der Waals surface area contributed by atoms with Crippen LogP contribution in [-0.4, -0.2) is 14.5 Å². The van der Waals surface area contributed by atoms with Crippen LogP contribution in [0.4, 0.5) is 4.39 Å². The Morgan fingerprint density at radius 1 is 1.17 bits per heavy atom. The highest BCUT2D eigenvalue weighted by Gasteiger charge is 2.09. The Kier molecular flexibility index (Phi) is 4.59. The van der Waals surface area contributed by atoms with Gasteiger partial charge in [-0.3, -0.25) is 0 Å². The average molecular weight is 328 g/mol. The fourth-order valence-electron chi connectivity index (χ4n) is 2.44. The van der Waals surface area contributed by atoms with E-state index in [0.717, 1.165) is 23.3 Å². The number of aromatic nitrogens is 3. The Labute approximate surface area is 139 Å². The number of aryl methyl sites for hydroxylation is 2. The zero-order chi connectivity index (χ0) is 16.2. The molecule has 0 aliphatic carbocycles. The molecular weight excluding hydrogens is 313 g/mol. The first-order valence-electron chi connectivity index (χ1n) is 7.29. The summed E-state index contributed by atoms with van der Waals surface area (Å²) >= 11 is 6.22. The molecule has 0 amide bonds. The van der Waals surface area contributed by atoms with E-state index in [4.69, 9.17) is 11.6 Å². The molecule has 5 heteroatoms. The molecule has 23 heavy (non-hydrogen) atoms. The van der Waals surface area contributed by atoms with Crippen LogP contribution in [-0.2, 0) is 20.1 Å². The fourth-order valence-corrected chi connectivity index (χ4v) is 2.74. The third-order valence-corrected chi connectivity index (χ3v) is 3.88. The highest BCUT2D eigenvalue weighted by molar-refractivity contribution is 6.35. The third kappa shape index (κ3) is 3.35. The van der Waals surface area contributed by atoms with Crippen molar-refractivity contribution in [3.05, 3.63) is 58.6 Å². The number of imidazole rings is 1. The summed E-state index contributed by atoms with van der Waals surface area (Å²) in [6, 6.07) is 10.9. The molecule has 0 saturated carbocycles. The van der Waals surface area contributed by atoms with Crippen molar-refractivity contribution in [1.29, 1.82) is 0 Å². The standard InChI is InChI=1S/C18H15ClFN3/c1-23-17(22-16-10-5-9-15(19)18(16)23)11-3-2-6-13-7-4-8-14(12-20)21-13/h4-5,7-10H,3,11-12H2,1H3. The fraction of sp³-hybridized carbons (Fsp3) is 0.222. The Bertz CT molecular complexity index is 906. The van der Waals surface area contributed by atoms with Gasteiger partial charge in [-0.05, 0) is 30.2 Å². The van der Waals surface area contributed by atoms with E-state index < -0.39 is 6.67 Å². The molecule has 0 bridgehead atoms. The molecule has 0 spiro atoms. The first-order chi connectivity index (χ1) is 11.2. The van der Waals surface area contributed by atoms with Gasteiger partial charge in [0, 0.05) is 19.9 Å². The van der Waals surface area contributed by atoms with Gasteiger partial charge in [0.1, 0.15) is 18.2 Å². The molecule has 3 nitrogen and oxygen atoms in total. The SMILES string of the molecule is Cn1c(CCC#Cc2cccc(CF)n2)nc2cccc(Cl)c21. The Balaban J connectivity index is 1.73. The summed E-state index contributed by atoms with van der Waals surface area (Å²) in [5, 5.41) is 0.696. The molecule has 2 heterocycles. The van der Waals surface area contributed by atoms with Crippen molar-refractivity contribution in [3.63, 3.8) is 0 Å². The molecule has 0 aliphatic rings. The second-order valence-electron chi connectivity index (χ2n) is 5.14. The zero-order valence-electron chi connectivity index (χ0n) is 12.7. The molecule has 116 valence electrons. The quantitative estimate of drug-likeness (QED) is 0.679. The summed E-state index contributed by atoms with van der Waals surface area (Å²) in [5.41, 5.74) is 2.82. The molecule has 0 N–H and O–H groups in total. The van der Waals surface area contributed by atoms with E-state index in [1.807, 2.05) is 29.8 Å². The number of para-hydroxylation sites is 1. The van der Waals surface area contributed by atoms with Crippen LogP contribution in [0.2, 0.25) is 5.02 Å². The average Bonchev–Trinajstić information content (AvgIpc) is 2.89. The van der Waals surface area contributed by atoms with Crippen LogP contribution in [0.1, 0.15) is 23.6 Å². The van der Waals surface area contributed by atoms with Crippen molar-refractivity contribution >= 4 is 22.6 Å². The van der Waals surface area contributed by atoms with Crippen LogP contribution in [0.3, 0.4) is 0 Å². The van der Waals surface area contributed by atoms with Crippen molar-refractivity contribution < 1.29 is 4.39 Å². The van der Waals surface area contributed by atoms with Crippen molar-refractivity contribution in [2.75, 3.05) is 0 Å². The maximum absolute atomic E-state index is 12.6. The van der Waals surface area contributed by atoms with E-state index in [9.17, 15) is 4.39 Å². The number of halogens is 2. The molecule has 0 unspecified atom stereocenters. The minimum atomic E-state index is -0.573. The highest BCUT2D eigenvalue weighted by atomic mass is 35.5. The number of alkyl halides is 1. The van der Waals surface area contributed by atoms with E-state index in [-0.39, 0.29) is 0 Å².